The van der Waals surface area contributed by atoms with Crippen LogP contribution >= 0.6 is 23.2 Å². The van der Waals surface area contributed by atoms with Gasteiger partial charge in [0.05, 0.1) is 38.1 Å². The van der Waals surface area contributed by atoms with Crippen LogP contribution < -0.4 is 15.1 Å². The molecule has 0 aliphatic carbocycles. The molecule has 2 aromatic carbocycles. The van der Waals surface area contributed by atoms with Gasteiger partial charge in [0.25, 0.3) is 15.9 Å². The number of hydroxylamine groups is 1. The molecule has 2 N–H and O–H groups in total. The van der Waals surface area contributed by atoms with Crippen LogP contribution in [0, 0.1) is 6.92 Å². The van der Waals surface area contributed by atoms with Crippen molar-refractivity contribution in [2.24, 2.45) is 5.73 Å². The van der Waals surface area contributed by atoms with Gasteiger partial charge in [0.1, 0.15) is 5.69 Å². The zero-order valence-corrected chi connectivity index (χ0v) is 22.3. The minimum atomic E-state index is -5.47. The van der Waals surface area contributed by atoms with Crippen LogP contribution in [-0.2, 0) is 26.1 Å². The van der Waals surface area contributed by atoms with Crippen LogP contribution in [0.4, 0.5) is 24.5 Å². The Balaban J connectivity index is 1.86. The molecular weight excluding hydrogens is 584 g/mol. The number of sulfonamides is 1. The van der Waals surface area contributed by atoms with Gasteiger partial charge in [-0.15, -0.1) is 5.06 Å². The fraction of sp³-hybridized carbons (Fsp3) is 0.208. The Labute approximate surface area is 230 Å². The molecule has 39 heavy (non-hydrogen) atoms. The number of rotatable bonds is 4. The molecule has 1 aliphatic rings. The van der Waals surface area contributed by atoms with Crippen molar-refractivity contribution < 1.29 is 36.0 Å². The first-order valence-electron chi connectivity index (χ1n) is 11.1. The third kappa shape index (κ3) is 5.81. The largest absolute Gasteiger partial charge is 0.493 e. The smallest absolute Gasteiger partial charge is 0.326 e. The number of hydrogen-bond donors (Lipinski definition) is 1. The van der Waals surface area contributed by atoms with E-state index in [9.17, 15) is 31.2 Å². The highest BCUT2D eigenvalue weighted by Gasteiger charge is 2.44. The number of aromatic nitrogens is 1. The number of halogens is 5. The Morgan fingerprint density at radius 3 is 2.38 bits per heavy atom. The van der Waals surface area contributed by atoms with Gasteiger partial charge >= 0.3 is 12.1 Å². The number of carbonyl (C=O) groups excluding carboxylic acids is 2. The molecule has 206 valence electrons. The van der Waals surface area contributed by atoms with Gasteiger partial charge in [0, 0.05) is 19.0 Å². The predicted octanol–water partition coefficient (Wildman–Crippen LogP) is 4.44. The molecule has 0 spiro atoms. The second kappa shape index (κ2) is 10.6. The zero-order chi connectivity index (χ0) is 28.7. The summed E-state index contributed by atoms with van der Waals surface area (Å²) in [5.41, 5.74) is 5.92. The van der Waals surface area contributed by atoms with Gasteiger partial charge in [-0.25, -0.2) is 13.2 Å². The first-order valence-corrected chi connectivity index (χ1v) is 13.3. The highest BCUT2D eigenvalue weighted by molar-refractivity contribution is 7.92. The molecule has 0 saturated heterocycles. The van der Waals surface area contributed by atoms with Gasteiger partial charge < -0.3 is 10.6 Å². The maximum atomic E-state index is 13.6. The number of aryl methyl sites for hydroxylation is 1. The van der Waals surface area contributed by atoms with E-state index < -0.39 is 45.4 Å². The van der Waals surface area contributed by atoms with E-state index in [4.69, 9.17) is 28.9 Å². The number of anilines is 2. The molecule has 0 saturated carbocycles. The van der Waals surface area contributed by atoms with Gasteiger partial charge in [-0.05, 0) is 42.8 Å². The van der Waals surface area contributed by atoms with Crippen LogP contribution in [0.2, 0.25) is 10.0 Å². The third-order valence-corrected chi connectivity index (χ3v) is 8.04. The molecule has 4 rings (SSSR count). The van der Waals surface area contributed by atoms with E-state index in [0.717, 1.165) is 16.6 Å². The molecule has 0 unspecified atom stereocenters. The first kappa shape index (κ1) is 28.6. The van der Waals surface area contributed by atoms with Crippen molar-refractivity contribution in [2.75, 3.05) is 15.9 Å². The van der Waals surface area contributed by atoms with Crippen molar-refractivity contribution in [3.8, 4) is 0 Å². The molecule has 9 nitrogen and oxygen atoms in total. The van der Waals surface area contributed by atoms with Crippen molar-refractivity contribution >= 4 is 56.5 Å². The molecule has 1 aromatic heterocycles. The van der Waals surface area contributed by atoms with Crippen molar-refractivity contribution in [3.05, 3.63) is 81.6 Å². The molecule has 0 bridgehead atoms. The van der Waals surface area contributed by atoms with Gasteiger partial charge in [0.2, 0.25) is 0 Å². The quantitative estimate of drug-likeness (QED) is 0.438. The minimum Gasteiger partial charge on any atom is -0.326 e. The van der Waals surface area contributed by atoms with E-state index in [1.54, 1.807) is 19.1 Å². The van der Waals surface area contributed by atoms with Crippen LogP contribution in [-0.4, -0.2) is 44.0 Å². The maximum Gasteiger partial charge on any atom is 0.493 e. The SMILES string of the molecule is Cc1cccc(S(=O)(=O)N2C[C@H](N)Cc3ncc(N(OC(=O)C(F)(F)F)C(=O)c4c(Cl)cccc4Cl)cc32)c1. The summed E-state index contributed by atoms with van der Waals surface area (Å²) in [6.45, 7) is 1.51. The highest BCUT2D eigenvalue weighted by Crippen LogP contribution is 2.36. The Morgan fingerprint density at radius 2 is 1.77 bits per heavy atom. The lowest BCUT2D eigenvalue weighted by Crippen LogP contribution is -2.46. The Kier molecular flexibility index (Phi) is 7.81. The normalized spacial score (nSPS) is 15.5. The Bertz CT molecular complexity index is 1550. The van der Waals surface area contributed by atoms with Crippen molar-refractivity contribution in [3.63, 3.8) is 0 Å². The number of hydrogen-bond acceptors (Lipinski definition) is 7. The lowest BCUT2D eigenvalue weighted by atomic mass is 10.1. The van der Waals surface area contributed by atoms with Gasteiger partial charge in [-0.3, -0.25) is 14.1 Å². The zero-order valence-electron chi connectivity index (χ0n) is 19.9. The molecule has 1 atom stereocenters. The fourth-order valence-electron chi connectivity index (χ4n) is 3.86. The number of benzene rings is 2. The average molecular weight is 603 g/mol. The van der Waals surface area contributed by atoms with Crippen LogP contribution in [0.3, 0.4) is 0 Å². The monoisotopic (exact) mass is 602 g/mol. The number of nitrogens with two attached hydrogens (primary N) is 1. The summed E-state index contributed by atoms with van der Waals surface area (Å²) in [5, 5.41) is -0.454. The predicted molar refractivity (Wildman–Crippen MR) is 137 cm³/mol. The maximum absolute atomic E-state index is 13.6. The molecule has 2 heterocycles. The standard InChI is InChI=1S/C24H19Cl2F3N4O5S/c1-13-4-2-5-16(8-13)39(36,37)32-12-14(30)9-19-20(32)10-15(11-31-19)33(38-23(35)24(27,28)29)22(34)21-17(25)6-3-7-18(21)26/h2-8,10-11,14H,9,12,30H2,1H3/t14-/m1/s1. The summed E-state index contributed by atoms with van der Waals surface area (Å²) in [5.74, 6) is -4.05. The van der Waals surface area contributed by atoms with E-state index in [-0.39, 0.29) is 44.4 Å². The van der Waals surface area contributed by atoms with Crippen molar-refractivity contribution in [1.82, 2.24) is 4.98 Å². The fourth-order valence-corrected chi connectivity index (χ4v) is 6.06. The molecule has 3 aromatic rings. The average Bonchev–Trinajstić information content (AvgIpc) is 2.85. The van der Waals surface area contributed by atoms with Gasteiger partial charge in [-0.1, -0.05) is 41.4 Å². The summed E-state index contributed by atoms with van der Waals surface area (Å²) in [7, 11) is -4.23. The number of nitrogens with zero attached hydrogens (tertiary/aromatic N) is 3. The number of alkyl halides is 3. The van der Waals surface area contributed by atoms with E-state index in [2.05, 4.69) is 9.82 Å². The van der Waals surface area contributed by atoms with Crippen LogP contribution in [0.5, 0.6) is 0 Å². The van der Waals surface area contributed by atoms with Crippen molar-refractivity contribution in [2.45, 2.75) is 30.5 Å². The third-order valence-electron chi connectivity index (χ3n) is 5.64. The first-order chi connectivity index (χ1) is 18.2. The minimum absolute atomic E-state index is 0.0161. The summed E-state index contributed by atoms with van der Waals surface area (Å²) >= 11 is 12.1. The van der Waals surface area contributed by atoms with Gasteiger partial charge in [-0.2, -0.15) is 13.2 Å². The van der Waals surface area contributed by atoms with E-state index >= 15 is 0 Å². The number of fused-ring (bicyclic) bond motifs is 1. The molecule has 1 aliphatic heterocycles. The Morgan fingerprint density at radius 1 is 1.13 bits per heavy atom. The summed E-state index contributed by atoms with van der Waals surface area (Å²) < 4.78 is 67.5. The summed E-state index contributed by atoms with van der Waals surface area (Å²) in [6.07, 6.45) is -4.40. The van der Waals surface area contributed by atoms with E-state index in [0.29, 0.717) is 5.56 Å². The Hall–Kier alpha value is -3.39. The van der Waals surface area contributed by atoms with E-state index in [1.165, 1.54) is 30.3 Å². The van der Waals surface area contributed by atoms with Crippen LogP contribution in [0.1, 0.15) is 21.6 Å². The topological polar surface area (TPSA) is 123 Å². The molecule has 0 radical (unpaired) electrons. The molecule has 1 amide bonds. The van der Waals surface area contributed by atoms with Gasteiger partial charge in [0.15, 0.2) is 0 Å². The number of carbonyl (C=O) groups is 2. The molecule has 0 fully saturated rings. The lowest BCUT2D eigenvalue weighted by molar-refractivity contribution is -0.200. The summed E-state index contributed by atoms with van der Waals surface area (Å²) in [6, 6.07) is 10.4. The number of pyridine rings is 1. The lowest BCUT2D eigenvalue weighted by Gasteiger charge is -2.34. The second-order valence-electron chi connectivity index (χ2n) is 8.55. The number of amides is 1. The van der Waals surface area contributed by atoms with Crippen molar-refractivity contribution in [1.29, 1.82) is 0 Å². The molecule has 15 heteroatoms. The highest BCUT2D eigenvalue weighted by atomic mass is 35.5. The molecular formula is C24H19Cl2F3N4O5S. The van der Waals surface area contributed by atoms with Crippen LogP contribution in [0.25, 0.3) is 0 Å². The second-order valence-corrected chi connectivity index (χ2v) is 11.2. The summed E-state index contributed by atoms with van der Waals surface area (Å²) in [4.78, 5) is 33.6. The van der Waals surface area contributed by atoms with E-state index in [1.807, 2.05) is 0 Å². The van der Waals surface area contributed by atoms with Crippen LogP contribution in [0.15, 0.2) is 59.6 Å².